The molecule has 0 saturated carbocycles. The van der Waals surface area contributed by atoms with E-state index in [-0.39, 0.29) is 0 Å². The quantitative estimate of drug-likeness (QED) is 0.854. The standard InChI is InChI=1S/C13H20ClN5S/c1-2-10-9-19(7-8-20-10)13-16-11(14)15-12(17-13)18-5-3-4-6-18/h10H,2-9H2,1H3. The van der Waals surface area contributed by atoms with Gasteiger partial charge in [0, 0.05) is 37.2 Å². The zero-order chi connectivity index (χ0) is 13.9. The van der Waals surface area contributed by atoms with E-state index < -0.39 is 0 Å². The molecule has 0 radical (unpaired) electrons. The van der Waals surface area contributed by atoms with Gasteiger partial charge in [-0.05, 0) is 30.9 Å². The van der Waals surface area contributed by atoms with Gasteiger partial charge < -0.3 is 9.80 Å². The Labute approximate surface area is 129 Å². The van der Waals surface area contributed by atoms with Crippen molar-refractivity contribution in [3.8, 4) is 0 Å². The van der Waals surface area contributed by atoms with Crippen LogP contribution in [0.4, 0.5) is 11.9 Å². The van der Waals surface area contributed by atoms with Crippen molar-refractivity contribution in [3.63, 3.8) is 0 Å². The Kier molecular flexibility index (Phi) is 4.51. The van der Waals surface area contributed by atoms with Crippen molar-refractivity contribution in [2.45, 2.75) is 31.4 Å². The van der Waals surface area contributed by atoms with Crippen molar-refractivity contribution < 1.29 is 0 Å². The molecule has 3 heterocycles. The summed E-state index contributed by atoms with van der Waals surface area (Å²) in [5.74, 6) is 2.61. The summed E-state index contributed by atoms with van der Waals surface area (Å²) in [5, 5.41) is 0.970. The van der Waals surface area contributed by atoms with Crippen LogP contribution in [0.1, 0.15) is 26.2 Å². The van der Waals surface area contributed by atoms with Crippen molar-refractivity contribution in [1.29, 1.82) is 0 Å². The number of hydrogen-bond acceptors (Lipinski definition) is 6. The van der Waals surface area contributed by atoms with Crippen LogP contribution in [0.2, 0.25) is 5.28 Å². The molecule has 0 aliphatic carbocycles. The molecular formula is C13H20ClN5S. The van der Waals surface area contributed by atoms with Gasteiger partial charge in [-0.3, -0.25) is 0 Å². The highest BCUT2D eigenvalue weighted by Crippen LogP contribution is 2.26. The molecule has 0 aromatic carbocycles. The first-order chi connectivity index (χ1) is 9.76. The first-order valence-corrected chi connectivity index (χ1v) is 8.72. The van der Waals surface area contributed by atoms with Crippen LogP contribution in [-0.4, -0.2) is 52.1 Å². The van der Waals surface area contributed by atoms with Gasteiger partial charge in [0.15, 0.2) is 0 Å². The first kappa shape index (κ1) is 14.2. The second-order valence-electron chi connectivity index (χ2n) is 5.25. The predicted molar refractivity (Wildman–Crippen MR) is 85.0 cm³/mol. The molecule has 20 heavy (non-hydrogen) atoms. The van der Waals surface area contributed by atoms with E-state index in [2.05, 4.69) is 31.7 Å². The zero-order valence-electron chi connectivity index (χ0n) is 11.8. The van der Waals surface area contributed by atoms with E-state index in [0.717, 1.165) is 43.8 Å². The van der Waals surface area contributed by atoms with Crippen molar-refractivity contribution in [2.75, 3.05) is 41.7 Å². The number of anilines is 2. The van der Waals surface area contributed by atoms with Gasteiger partial charge >= 0.3 is 0 Å². The lowest BCUT2D eigenvalue weighted by Gasteiger charge is -2.32. The molecule has 1 atom stereocenters. The molecule has 2 saturated heterocycles. The zero-order valence-corrected chi connectivity index (χ0v) is 13.3. The predicted octanol–water partition coefficient (Wildman–Crippen LogP) is 2.46. The minimum Gasteiger partial charge on any atom is -0.341 e. The van der Waals surface area contributed by atoms with Crippen LogP contribution in [0.3, 0.4) is 0 Å². The Balaban J connectivity index is 1.81. The van der Waals surface area contributed by atoms with Gasteiger partial charge in [0.1, 0.15) is 0 Å². The summed E-state index contributed by atoms with van der Waals surface area (Å²) in [6, 6.07) is 0. The van der Waals surface area contributed by atoms with Gasteiger partial charge in [-0.2, -0.15) is 26.7 Å². The average molecular weight is 314 g/mol. The highest BCUT2D eigenvalue weighted by Gasteiger charge is 2.23. The van der Waals surface area contributed by atoms with Crippen LogP contribution < -0.4 is 9.80 Å². The number of aromatic nitrogens is 3. The summed E-state index contributed by atoms with van der Waals surface area (Å²) < 4.78 is 0. The van der Waals surface area contributed by atoms with Crippen LogP contribution in [0.15, 0.2) is 0 Å². The van der Waals surface area contributed by atoms with Crippen molar-refractivity contribution in [3.05, 3.63) is 5.28 Å². The number of rotatable bonds is 3. The molecule has 0 N–H and O–H groups in total. The van der Waals surface area contributed by atoms with Crippen LogP contribution in [-0.2, 0) is 0 Å². The van der Waals surface area contributed by atoms with Crippen molar-refractivity contribution in [2.24, 2.45) is 0 Å². The van der Waals surface area contributed by atoms with E-state index in [1.165, 1.54) is 19.3 Å². The summed E-state index contributed by atoms with van der Waals surface area (Å²) in [6.07, 6.45) is 3.59. The lowest BCUT2D eigenvalue weighted by molar-refractivity contribution is 0.704. The Bertz CT molecular complexity index is 466. The summed E-state index contributed by atoms with van der Waals surface area (Å²) >= 11 is 8.14. The molecule has 3 rings (SSSR count). The molecule has 1 unspecified atom stereocenters. The van der Waals surface area contributed by atoms with Crippen molar-refractivity contribution in [1.82, 2.24) is 15.0 Å². The number of thioether (sulfide) groups is 1. The fourth-order valence-corrected chi connectivity index (χ4v) is 4.01. The minimum absolute atomic E-state index is 0.308. The number of hydrogen-bond donors (Lipinski definition) is 0. The summed E-state index contributed by atoms with van der Waals surface area (Å²) in [4.78, 5) is 17.7. The minimum atomic E-state index is 0.308. The van der Waals surface area contributed by atoms with Gasteiger partial charge in [-0.25, -0.2) is 0 Å². The Morgan fingerprint density at radius 3 is 2.50 bits per heavy atom. The van der Waals surface area contributed by atoms with Crippen LogP contribution in [0, 0.1) is 0 Å². The Hall–Kier alpha value is -0.750. The highest BCUT2D eigenvalue weighted by atomic mass is 35.5. The normalized spacial score (nSPS) is 23.4. The largest absolute Gasteiger partial charge is 0.341 e. The maximum absolute atomic E-state index is 6.10. The van der Waals surface area contributed by atoms with E-state index in [0.29, 0.717) is 10.5 Å². The summed E-state index contributed by atoms with van der Waals surface area (Å²) in [7, 11) is 0. The van der Waals surface area contributed by atoms with Crippen LogP contribution in [0.5, 0.6) is 0 Å². The second kappa shape index (κ2) is 6.35. The Morgan fingerprint density at radius 2 is 1.80 bits per heavy atom. The monoisotopic (exact) mass is 313 g/mol. The second-order valence-corrected chi connectivity index (χ2v) is 6.99. The molecule has 2 aliphatic rings. The lowest BCUT2D eigenvalue weighted by Crippen LogP contribution is -2.39. The maximum atomic E-state index is 6.10. The smallest absolute Gasteiger partial charge is 0.231 e. The fraction of sp³-hybridized carbons (Fsp3) is 0.769. The average Bonchev–Trinajstić information content (AvgIpc) is 3.01. The van der Waals surface area contributed by atoms with Gasteiger partial charge in [-0.15, -0.1) is 0 Å². The first-order valence-electron chi connectivity index (χ1n) is 7.29. The highest BCUT2D eigenvalue weighted by molar-refractivity contribution is 8.00. The van der Waals surface area contributed by atoms with E-state index in [1.807, 2.05) is 11.8 Å². The summed E-state index contributed by atoms with van der Waals surface area (Å²) in [5.41, 5.74) is 0. The topological polar surface area (TPSA) is 45.2 Å². The molecule has 0 amide bonds. The molecule has 1 aromatic heterocycles. The van der Waals surface area contributed by atoms with E-state index >= 15 is 0 Å². The molecule has 5 nitrogen and oxygen atoms in total. The van der Waals surface area contributed by atoms with E-state index in [4.69, 9.17) is 11.6 Å². The third-order valence-corrected chi connectivity index (χ3v) is 5.39. The van der Waals surface area contributed by atoms with E-state index in [1.54, 1.807) is 0 Å². The van der Waals surface area contributed by atoms with Crippen LogP contribution in [0.25, 0.3) is 0 Å². The van der Waals surface area contributed by atoms with Gasteiger partial charge in [-0.1, -0.05) is 6.92 Å². The molecule has 110 valence electrons. The fourth-order valence-electron chi connectivity index (χ4n) is 2.68. The third-order valence-electron chi connectivity index (χ3n) is 3.85. The van der Waals surface area contributed by atoms with Gasteiger partial charge in [0.05, 0.1) is 0 Å². The van der Waals surface area contributed by atoms with Crippen LogP contribution >= 0.6 is 23.4 Å². The lowest BCUT2D eigenvalue weighted by atomic mass is 10.3. The molecular weight excluding hydrogens is 294 g/mol. The maximum Gasteiger partial charge on any atom is 0.231 e. The SMILES string of the molecule is CCC1CN(c2nc(Cl)nc(N3CCCC3)n2)CCS1. The molecule has 2 aliphatic heterocycles. The van der Waals surface area contributed by atoms with Gasteiger partial charge in [0.25, 0.3) is 0 Å². The Morgan fingerprint density at radius 1 is 1.10 bits per heavy atom. The van der Waals surface area contributed by atoms with Crippen molar-refractivity contribution >= 4 is 35.3 Å². The summed E-state index contributed by atoms with van der Waals surface area (Å²) in [6.45, 7) is 6.26. The van der Waals surface area contributed by atoms with E-state index in [9.17, 15) is 0 Å². The molecule has 2 fully saturated rings. The molecule has 7 heteroatoms. The molecule has 1 aromatic rings. The molecule has 0 bridgehead atoms. The number of halogens is 1. The molecule has 0 spiro atoms. The van der Waals surface area contributed by atoms with Gasteiger partial charge in [0.2, 0.25) is 17.2 Å². The third kappa shape index (κ3) is 3.11. The number of nitrogens with zero attached hydrogens (tertiary/aromatic N) is 5.